The molecule has 6 heteroatoms. The molecule has 1 aromatic carbocycles. The first-order valence-corrected chi connectivity index (χ1v) is 6.19. The van der Waals surface area contributed by atoms with E-state index in [1.54, 1.807) is 0 Å². The lowest BCUT2D eigenvalue weighted by Crippen LogP contribution is -2.51. The largest absolute Gasteiger partial charge is 0.488 e. The number of hydrogen-bond acceptors (Lipinski definition) is 3. The average molecular weight is 275 g/mol. The number of para-hydroxylation sites is 1. The van der Waals surface area contributed by atoms with Crippen molar-refractivity contribution in [3.05, 3.63) is 29.8 Å². The monoisotopic (exact) mass is 275 g/mol. The highest BCUT2D eigenvalue weighted by atomic mass is 19.4. The molecule has 2 atom stereocenters. The van der Waals surface area contributed by atoms with E-state index in [2.05, 4.69) is 5.32 Å². The highest BCUT2D eigenvalue weighted by Crippen LogP contribution is 2.37. The minimum absolute atomic E-state index is 0.00234. The number of nitrogens with one attached hydrogen (secondary N) is 1. The van der Waals surface area contributed by atoms with Crippen molar-refractivity contribution in [3.63, 3.8) is 0 Å². The second kappa shape index (κ2) is 5.79. The number of ether oxygens (including phenoxy) is 1. The average Bonchev–Trinajstić information content (AvgIpc) is 2.34. The van der Waals surface area contributed by atoms with Crippen LogP contribution in [-0.2, 0) is 6.18 Å². The van der Waals surface area contributed by atoms with Crippen LogP contribution in [0.15, 0.2) is 24.3 Å². The summed E-state index contributed by atoms with van der Waals surface area (Å²) in [6, 6.07) is 5.24. The number of aliphatic hydroxyl groups is 1. The van der Waals surface area contributed by atoms with Crippen molar-refractivity contribution in [2.75, 3.05) is 13.2 Å². The molecule has 1 unspecified atom stereocenters. The number of benzene rings is 1. The van der Waals surface area contributed by atoms with E-state index in [-0.39, 0.29) is 24.5 Å². The fourth-order valence-electron chi connectivity index (χ4n) is 2.06. The van der Waals surface area contributed by atoms with E-state index in [0.29, 0.717) is 6.54 Å². The maximum absolute atomic E-state index is 12.8. The van der Waals surface area contributed by atoms with Gasteiger partial charge in [-0.2, -0.15) is 13.2 Å². The van der Waals surface area contributed by atoms with E-state index < -0.39 is 11.7 Å². The Labute approximate surface area is 109 Å². The fraction of sp³-hybridized carbons (Fsp3) is 0.538. The predicted molar refractivity (Wildman–Crippen MR) is 64.0 cm³/mol. The van der Waals surface area contributed by atoms with Gasteiger partial charge in [-0.1, -0.05) is 12.1 Å². The third-order valence-corrected chi connectivity index (χ3v) is 3.20. The quantitative estimate of drug-likeness (QED) is 0.865. The van der Waals surface area contributed by atoms with Gasteiger partial charge in [0, 0.05) is 12.6 Å². The zero-order chi connectivity index (χ0) is 13.9. The first-order chi connectivity index (χ1) is 9.02. The van der Waals surface area contributed by atoms with Crippen molar-refractivity contribution in [3.8, 4) is 5.75 Å². The maximum atomic E-state index is 12.8. The van der Waals surface area contributed by atoms with Gasteiger partial charge in [0.05, 0.1) is 12.2 Å². The SMILES string of the molecule is OCCNC1CC[C@@H]1Oc1ccccc1C(F)(F)F. The van der Waals surface area contributed by atoms with Gasteiger partial charge < -0.3 is 15.2 Å². The van der Waals surface area contributed by atoms with Crippen LogP contribution in [-0.4, -0.2) is 30.4 Å². The molecule has 0 amide bonds. The zero-order valence-corrected chi connectivity index (χ0v) is 10.3. The Bertz CT molecular complexity index is 423. The highest BCUT2D eigenvalue weighted by Gasteiger charge is 2.37. The molecule has 1 aliphatic carbocycles. The molecule has 0 aromatic heterocycles. The number of rotatable bonds is 5. The summed E-state index contributed by atoms with van der Waals surface area (Å²) in [5, 5.41) is 11.8. The lowest BCUT2D eigenvalue weighted by Gasteiger charge is -2.37. The van der Waals surface area contributed by atoms with Gasteiger partial charge >= 0.3 is 6.18 Å². The molecule has 19 heavy (non-hydrogen) atoms. The Morgan fingerprint density at radius 3 is 2.58 bits per heavy atom. The zero-order valence-electron chi connectivity index (χ0n) is 10.3. The first-order valence-electron chi connectivity index (χ1n) is 6.19. The van der Waals surface area contributed by atoms with Crippen molar-refractivity contribution in [2.45, 2.75) is 31.2 Å². The van der Waals surface area contributed by atoms with Crippen molar-refractivity contribution in [1.82, 2.24) is 5.32 Å². The lowest BCUT2D eigenvalue weighted by molar-refractivity contribution is -0.139. The van der Waals surface area contributed by atoms with Crippen molar-refractivity contribution >= 4 is 0 Å². The van der Waals surface area contributed by atoms with E-state index in [9.17, 15) is 13.2 Å². The Balaban J connectivity index is 2.03. The Morgan fingerprint density at radius 2 is 2.00 bits per heavy atom. The lowest BCUT2D eigenvalue weighted by atomic mass is 9.89. The summed E-state index contributed by atoms with van der Waals surface area (Å²) in [4.78, 5) is 0. The second-order valence-corrected chi connectivity index (χ2v) is 4.51. The molecule has 1 aliphatic rings. The molecular weight excluding hydrogens is 259 g/mol. The van der Waals surface area contributed by atoms with E-state index in [0.717, 1.165) is 18.9 Å². The van der Waals surface area contributed by atoms with Crippen molar-refractivity contribution < 1.29 is 23.0 Å². The molecule has 0 bridgehead atoms. The summed E-state index contributed by atoms with van der Waals surface area (Å²) < 4.78 is 43.8. The van der Waals surface area contributed by atoms with E-state index in [1.165, 1.54) is 18.2 Å². The van der Waals surface area contributed by atoms with Gasteiger partial charge in [-0.05, 0) is 25.0 Å². The van der Waals surface area contributed by atoms with Gasteiger partial charge in [0.2, 0.25) is 0 Å². The topological polar surface area (TPSA) is 41.5 Å². The number of halogens is 3. The highest BCUT2D eigenvalue weighted by molar-refractivity contribution is 5.36. The normalized spacial score (nSPS) is 22.9. The van der Waals surface area contributed by atoms with Gasteiger partial charge in [0.25, 0.3) is 0 Å². The van der Waals surface area contributed by atoms with Crippen LogP contribution >= 0.6 is 0 Å². The number of alkyl halides is 3. The molecular formula is C13H16F3NO2. The molecule has 1 saturated carbocycles. The van der Waals surface area contributed by atoms with Crippen LogP contribution in [0.1, 0.15) is 18.4 Å². The molecule has 1 aromatic rings. The molecule has 0 spiro atoms. The van der Waals surface area contributed by atoms with Crippen LogP contribution in [0.5, 0.6) is 5.75 Å². The van der Waals surface area contributed by atoms with Crippen LogP contribution < -0.4 is 10.1 Å². The van der Waals surface area contributed by atoms with E-state index in [4.69, 9.17) is 9.84 Å². The summed E-state index contributed by atoms with van der Waals surface area (Å²) in [5.41, 5.74) is -0.747. The Morgan fingerprint density at radius 1 is 1.26 bits per heavy atom. The molecule has 0 radical (unpaired) electrons. The first kappa shape index (κ1) is 14.1. The standard InChI is InChI=1S/C13H16F3NO2/c14-13(15,16)9-3-1-2-4-11(9)19-12-6-5-10(12)17-7-8-18/h1-4,10,12,17-18H,5-8H2/t10?,12-/m0/s1. The third-order valence-electron chi connectivity index (χ3n) is 3.20. The van der Waals surface area contributed by atoms with Crippen LogP contribution in [0.2, 0.25) is 0 Å². The molecule has 2 N–H and O–H groups in total. The molecule has 3 nitrogen and oxygen atoms in total. The summed E-state index contributed by atoms with van der Waals surface area (Å²) in [6.45, 7) is 0.424. The predicted octanol–water partition coefficient (Wildman–Crippen LogP) is 2.20. The van der Waals surface area contributed by atoms with Crippen molar-refractivity contribution in [2.24, 2.45) is 0 Å². The number of aliphatic hydroxyl groups excluding tert-OH is 1. The minimum Gasteiger partial charge on any atom is -0.488 e. The van der Waals surface area contributed by atoms with Gasteiger partial charge in [-0.15, -0.1) is 0 Å². The molecule has 0 aliphatic heterocycles. The van der Waals surface area contributed by atoms with Gasteiger partial charge in [-0.25, -0.2) is 0 Å². The third kappa shape index (κ3) is 3.39. The summed E-state index contributed by atoms with van der Waals surface area (Å²) in [5.74, 6) is -0.129. The minimum atomic E-state index is -4.41. The maximum Gasteiger partial charge on any atom is 0.419 e. The van der Waals surface area contributed by atoms with Crippen LogP contribution in [0.25, 0.3) is 0 Å². The Kier molecular flexibility index (Phi) is 4.31. The molecule has 1 fully saturated rings. The van der Waals surface area contributed by atoms with Crippen LogP contribution in [0, 0.1) is 0 Å². The van der Waals surface area contributed by atoms with Crippen molar-refractivity contribution in [1.29, 1.82) is 0 Å². The van der Waals surface area contributed by atoms with E-state index >= 15 is 0 Å². The summed E-state index contributed by atoms with van der Waals surface area (Å²) in [7, 11) is 0. The van der Waals surface area contributed by atoms with Gasteiger partial charge in [0.15, 0.2) is 0 Å². The van der Waals surface area contributed by atoms with Crippen LogP contribution in [0.4, 0.5) is 13.2 Å². The molecule has 0 saturated heterocycles. The molecule has 0 heterocycles. The number of hydrogen-bond donors (Lipinski definition) is 2. The fourth-order valence-corrected chi connectivity index (χ4v) is 2.06. The smallest absolute Gasteiger partial charge is 0.419 e. The Hall–Kier alpha value is -1.27. The van der Waals surface area contributed by atoms with E-state index in [1.807, 2.05) is 0 Å². The second-order valence-electron chi connectivity index (χ2n) is 4.51. The molecule has 2 rings (SSSR count). The van der Waals surface area contributed by atoms with Crippen LogP contribution in [0.3, 0.4) is 0 Å². The summed E-state index contributed by atoms with van der Waals surface area (Å²) in [6.07, 6.45) is -3.11. The summed E-state index contributed by atoms with van der Waals surface area (Å²) >= 11 is 0. The molecule has 106 valence electrons. The van der Waals surface area contributed by atoms with Gasteiger partial charge in [0.1, 0.15) is 11.9 Å². The van der Waals surface area contributed by atoms with Gasteiger partial charge in [-0.3, -0.25) is 0 Å².